The average molecular weight is 230 g/mol. The fourth-order valence-electron chi connectivity index (χ4n) is 1.51. The van der Waals surface area contributed by atoms with E-state index in [9.17, 15) is 5.11 Å². The highest BCUT2D eigenvalue weighted by Gasteiger charge is 2.13. The Morgan fingerprint density at radius 3 is 2.73 bits per heavy atom. The maximum atomic E-state index is 9.79. The van der Waals surface area contributed by atoms with Crippen LogP contribution in [0.3, 0.4) is 0 Å². The smallest absolute Gasteiger partial charge is 0.123 e. The molecule has 0 radical (unpaired) electrons. The number of phenols is 1. The highest BCUT2D eigenvalue weighted by Crippen LogP contribution is 2.31. The summed E-state index contributed by atoms with van der Waals surface area (Å²) in [6.45, 7) is 1.89. The van der Waals surface area contributed by atoms with Crippen molar-refractivity contribution in [1.82, 2.24) is 0 Å². The van der Waals surface area contributed by atoms with Crippen LogP contribution in [-0.4, -0.2) is 16.8 Å². The molecule has 0 bridgehead atoms. The van der Waals surface area contributed by atoms with Crippen LogP contribution in [0.15, 0.2) is 12.1 Å². The fraction of sp³-hybridized carbons (Fsp3) is 0.455. The number of aliphatic hydroxyl groups excluding tert-OH is 1. The summed E-state index contributed by atoms with van der Waals surface area (Å²) in [7, 11) is 0. The Balaban J connectivity index is 2.92. The molecule has 0 aliphatic rings. The van der Waals surface area contributed by atoms with E-state index >= 15 is 0 Å². The van der Waals surface area contributed by atoms with Crippen molar-refractivity contribution in [3.8, 4) is 5.75 Å². The molecule has 0 amide bonds. The lowest BCUT2D eigenvalue weighted by molar-refractivity contribution is 0.279. The molecule has 0 heterocycles. The first-order valence-corrected chi connectivity index (χ1v) is 5.29. The second-order valence-corrected chi connectivity index (χ2v) is 4.07. The van der Waals surface area contributed by atoms with Crippen LogP contribution in [0.5, 0.6) is 5.75 Å². The summed E-state index contributed by atoms with van der Waals surface area (Å²) in [5.41, 5.74) is 7.26. The van der Waals surface area contributed by atoms with Crippen LogP contribution in [0.25, 0.3) is 0 Å². The molecule has 84 valence electrons. The Hall–Kier alpha value is -0.770. The highest BCUT2D eigenvalue weighted by atomic mass is 35.5. The number of aromatic hydroxyl groups is 1. The molecule has 0 spiro atoms. The molecule has 1 atom stereocenters. The highest BCUT2D eigenvalue weighted by molar-refractivity contribution is 6.30. The van der Waals surface area contributed by atoms with Gasteiger partial charge in [0.25, 0.3) is 0 Å². The van der Waals surface area contributed by atoms with Crippen LogP contribution < -0.4 is 5.73 Å². The van der Waals surface area contributed by atoms with Crippen molar-refractivity contribution < 1.29 is 10.2 Å². The van der Waals surface area contributed by atoms with Crippen LogP contribution >= 0.6 is 11.6 Å². The van der Waals surface area contributed by atoms with Gasteiger partial charge in [-0.1, -0.05) is 11.6 Å². The van der Waals surface area contributed by atoms with E-state index in [-0.39, 0.29) is 18.4 Å². The summed E-state index contributed by atoms with van der Waals surface area (Å²) < 4.78 is 0. The van der Waals surface area contributed by atoms with Crippen LogP contribution in [0.1, 0.15) is 30.0 Å². The van der Waals surface area contributed by atoms with Crippen molar-refractivity contribution >= 4 is 11.6 Å². The van der Waals surface area contributed by atoms with Crippen molar-refractivity contribution in [2.24, 2.45) is 5.73 Å². The molecular formula is C11H16ClNO2. The molecule has 1 rings (SSSR count). The molecule has 0 aliphatic heterocycles. The molecule has 1 aromatic rings. The molecule has 15 heavy (non-hydrogen) atoms. The maximum Gasteiger partial charge on any atom is 0.123 e. The number of rotatable bonds is 4. The average Bonchev–Trinajstić information content (AvgIpc) is 2.19. The van der Waals surface area contributed by atoms with Gasteiger partial charge in [-0.3, -0.25) is 0 Å². The number of nitrogens with two attached hydrogens (primary N) is 1. The lowest BCUT2D eigenvalue weighted by atomic mass is 10.00. The molecule has 4 N–H and O–H groups in total. The Bertz CT molecular complexity index is 342. The van der Waals surface area contributed by atoms with Gasteiger partial charge in [0.2, 0.25) is 0 Å². The van der Waals surface area contributed by atoms with E-state index in [1.165, 1.54) is 0 Å². The zero-order chi connectivity index (χ0) is 11.4. The van der Waals surface area contributed by atoms with Crippen LogP contribution in [-0.2, 0) is 0 Å². The zero-order valence-electron chi connectivity index (χ0n) is 8.70. The van der Waals surface area contributed by atoms with Crippen molar-refractivity contribution in [1.29, 1.82) is 0 Å². The number of aryl methyl sites for hydroxylation is 1. The van der Waals surface area contributed by atoms with Gasteiger partial charge in [0.15, 0.2) is 0 Å². The molecule has 0 saturated carbocycles. The number of benzene rings is 1. The molecule has 1 aromatic carbocycles. The van der Waals surface area contributed by atoms with E-state index in [0.717, 1.165) is 5.56 Å². The second kappa shape index (κ2) is 5.35. The monoisotopic (exact) mass is 229 g/mol. The van der Waals surface area contributed by atoms with E-state index in [1.54, 1.807) is 19.1 Å². The fourth-order valence-corrected chi connectivity index (χ4v) is 1.79. The first-order chi connectivity index (χ1) is 7.06. The molecule has 0 saturated heterocycles. The van der Waals surface area contributed by atoms with Gasteiger partial charge in [0.05, 0.1) is 0 Å². The minimum atomic E-state index is -0.283. The van der Waals surface area contributed by atoms with E-state index in [1.807, 2.05) is 0 Å². The number of hydrogen-bond acceptors (Lipinski definition) is 3. The standard InChI is InChI=1S/C11H16ClNO2/c1-7-5-8(12)6-9(11(7)15)10(13)3-2-4-14/h5-6,10,14-15H,2-4,13H2,1H3/t10-/m1/s1. The number of halogens is 1. The number of aliphatic hydroxyl groups is 1. The molecular weight excluding hydrogens is 214 g/mol. The normalized spacial score (nSPS) is 12.8. The molecule has 0 unspecified atom stereocenters. The van der Waals surface area contributed by atoms with E-state index in [0.29, 0.717) is 23.4 Å². The lowest BCUT2D eigenvalue weighted by Crippen LogP contribution is -2.11. The SMILES string of the molecule is Cc1cc(Cl)cc([C@H](N)CCCO)c1O. The molecule has 0 aliphatic carbocycles. The third kappa shape index (κ3) is 3.09. The second-order valence-electron chi connectivity index (χ2n) is 3.63. The van der Waals surface area contributed by atoms with Gasteiger partial charge in [-0.15, -0.1) is 0 Å². The minimum Gasteiger partial charge on any atom is -0.507 e. The van der Waals surface area contributed by atoms with Crippen molar-refractivity contribution in [2.75, 3.05) is 6.61 Å². The van der Waals surface area contributed by atoms with Crippen molar-refractivity contribution in [3.05, 3.63) is 28.3 Å². The Morgan fingerprint density at radius 1 is 1.47 bits per heavy atom. The van der Waals surface area contributed by atoms with Crippen molar-refractivity contribution in [2.45, 2.75) is 25.8 Å². The summed E-state index contributed by atoms with van der Waals surface area (Å²) in [4.78, 5) is 0. The van der Waals surface area contributed by atoms with E-state index in [2.05, 4.69) is 0 Å². The maximum absolute atomic E-state index is 9.79. The van der Waals surface area contributed by atoms with E-state index in [4.69, 9.17) is 22.4 Å². The van der Waals surface area contributed by atoms with Gasteiger partial charge in [-0.05, 0) is 37.5 Å². The first kappa shape index (κ1) is 12.3. The molecule has 0 aromatic heterocycles. The Morgan fingerprint density at radius 2 is 2.13 bits per heavy atom. The quantitative estimate of drug-likeness (QED) is 0.741. The minimum absolute atomic E-state index is 0.105. The number of hydrogen-bond donors (Lipinski definition) is 3. The van der Waals surface area contributed by atoms with Gasteiger partial charge >= 0.3 is 0 Å². The van der Waals surface area contributed by atoms with E-state index < -0.39 is 0 Å². The lowest BCUT2D eigenvalue weighted by Gasteiger charge is -2.15. The van der Waals surface area contributed by atoms with Gasteiger partial charge < -0.3 is 15.9 Å². The van der Waals surface area contributed by atoms with Gasteiger partial charge in [0.1, 0.15) is 5.75 Å². The van der Waals surface area contributed by atoms with Crippen LogP contribution in [0.4, 0.5) is 0 Å². The van der Waals surface area contributed by atoms with Gasteiger partial charge in [-0.2, -0.15) is 0 Å². The summed E-state index contributed by atoms with van der Waals surface area (Å²) >= 11 is 5.88. The third-order valence-corrected chi connectivity index (χ3v) is 2.59. The van der Waals surface area contributed by atoms with Gasteiger partial charge in [-0.25, -0.2) is 0 Å². The van der Waals surface area contributed by atoms with Crippen molar-refractivity contribution in [3.63, 3.8) is 0 Å². The molecule has 4 heteroatoms. The molecule has 0 fully saturated rings. The summed E-state index contributed by atoms with van der Waals surface area (Å²) in [5, 5.41) is 19.1. The number of phenolic OH excluding ortho intramolecular Hbond substituents is 1. The zero-order valence-corrected chi connectivity index (χ0v) is 9.46. The summed E-state index contributed by atoms with van der Waals surface area (Å²) in [6.07, 6.45) is 1.25. The first-order valence-electron chi connectivity index (χ1n) is 4.91. The van der Waals surface area contributed by atoms with Crippen LogP contribution in [0, 0.1) is 6.92 Å². The predicted molar refractivity (Wildman–Crippen MR) is 61.1 cm³/mol. The summed E-state index contributed by atoms with van der Waals surface area (Å²) in [5.74, 6) is 0.199. The summed E-state index contributed by atoms with van der Waals surface area (Å²) in [6, 6.07) is 3.08. The van der Waals surface area contributed by atoms with Crippen LogP contribution in [0.2, 0.25) is 5.02 Å². The Kier molecular flexibility index (Phi) is 4.39. The van der Waals surface area contributed by atoms with Gasteiger partial charge in [0, 0.05) is 23.2 Å². The topological polar surface area (TPSA) is 66.5 Å². The molecule has 3 nitrogen and oxygen atoms in total. The predicted octanol–water partition coefficient (Wildman–Crippen LogP) is 2.13. The third-order valence-electron chi connectivity index (χ3n) is 2.37. The largest absolute Gasteiger partial charge is 0.507 e. The Labute approximate surface area is 94.5 Å².